The molecule has 338 valence electrons. The van der Waals surface area contributed by atoms with Crippen molar-refractivity contribution in [3.05, 3.63) is 12.2 Å². The van der Waals surface area contributed by atoms with Crippen LogP contribution in [0.2, 0.25) is 0 Å². The average molecular weight is 830 g/mol. The van der Waals surface area contributed by atoms with Crippen LogP contribution in [0.4, 0.5) is 0 Å². The van der Waals surface area contributed by atoms with Crippen molar-refractivity contribution in [2.45, 2.75) is 232 Å². The Labute approximate surface area is 352 Å². The molecule has 10 heteroatoms. The van der Waals surface area contributed by atoms with Gasteiger partial charge >= 0.3 is 11.9 Å². The molecule has 0 saturated carbocycles. The number of hydrogen-bond donors (Lipinski definition) is 0. The molecule has 2 atom stereocenters. The maximum Gasteiger partial charge on any atom is 0.306 e. The Bertz CT molecular complexity index is 985. The molecule has 0 aliphatic heterocycles. The Morgan fingerprint density at radius 1 is 0.526 bits per heavy atom. The third kappa shape index (κ3) is 44.1. The number of nitrogens with zero attached hydrogens (tertiary/aromatic N) is 1. The van der Waals surface area contributed by atoms with E-state index < -0.39 is 26.5 Å². The molecule has 0 aromatic carbocycles. The van der Waals surface area contributed by atoms with Crippen LogP contribution in [0, 0.1) is 0 Å². The minimum atomic E-state index is -4.63. The molecule has 0 spiro atoms. The van der Waals surface area contributed by atoms with Crippen LogP contribution in [0.3, 0.4) is 0 Å². The van der Waals surface area contributed by atoms with Crippen LogP contribution < -0.4 is 4.89 Å². The van der Waals surface area contributed by atoms with Gasteiger partial charge in [-0.1, -0.05) is 187 Å². The SMILES string of the molecule is CCCCCCCCCCC/C=C/CCCCC(=O)O[C@H](COC(=O)CCCCCCCCCCCCCCCCCCCC)COP(=O)([O-])OCC[N+](C)(C)C. The maximum atomic E-state index is 12.7. The van der Waals surface area contributed by atoms with E-state index in [0.717, 1.165) is 38.5 Å². The lowest BCUT2D eigenvalue weighted by Gasteiger charge is -2.28. The lowest BCUT2D eigenvalue weighted by atomic mass is 10.0. The van der Waals surface area contributed by atoms with E-state index in [1.165, 1.54) is 154 Å². The number of quaternary nitrogens is 1. The van der Waals surface area contributed by atoms with Gasteiger partial charge < -0.3 is 27.9 Å². The van der Waals surface area contributed by atoms with Crippen LogP contribution >= 0.6 is 7.82 Å². The second kappa shape index (κ2) is 40.2. The van der Waals surface area contributed by atoms with E-state index >= 15 is 0 Å². The first kappa shape index (κ1) is 55.8. The van der Waals surface area contributed by atoms with Gasteiger partial charge in [-0.05, 0) is 38.5 Å². The van der Waals surface area contributed by atoms with Gasteiger partial charge in [0.15, 0.2) is 6.10 Å². The molecule has 57 heavy (non-hydrogen) atoms. The standard InChI is InChI=1S/C47H92NO8P/c1-6-8-10-12-14-16-18-20-22-23-24-26-27-29-31-33-35-37-39-46(49)53-43-45(44-55-57(51,52)54-42-41-48(3,4)5)56-47(50)40-38-36-34-32-30-28-25-21-19-17-15-13-11-9-7-2/h30,32,45H,6-29,31,33-44H2,1-5H3/b32-30+/t45-/m1/s1. The summed E-state index contributed by atoms with van der Waals surface area (Å²) < 4.78 is 33.9. The summed E-state index contributed by atoms with van der Waals surface area (Å²) in [5.41, 5.74) is 0. The minimum Gasteiger partial charge on any atom is -0.756 e. The molecule has 0 bridgehead atoms. The Morgan fingerprint density at radius 2 is 0.895 bits per heavy atom. The van der Waals surface area contributed by atoms with Crippen molar-refractivity contribution in [3.8, 4) is 0 Å². The van der Waals surface area contributed by atoms with Crippen molar-refractivity contribution in [1.29, 1.82) is 0 Å². The molecule has 0 rings (SSSR count). The summed E-state index contributed by atoms with van der Waals surface area (Å²) in [4.78, 5) is 37.6. The van der Waals surface area contributed by atoms with Gasteiger partial charge in [0.1, 0.15) is 19.8 Å². The topological polar surface area (TPSA) is 111 Å². The number of unbranched alkanes of at least 4 members (excludes halogenated alkanes) is 28. The van der Waals surface area contributed by atoms with Crippen LogP contribution in [-0.2, 0) is 32.7 Å². The van der Waals surface area contributed by atoms with Crippen LogP contribution in [0.15, 0.2) is 12.2 Å². The van der Waals surface area contributed by atoms with Crippen molar-refractivity contribution in [3.63, 3.8) is 0 Å². The third-order valence-electron chi connectivity index (χ3n) is 10.5. The molecule has 0 fully saturated rings. The Kier molecular flexibility index (Phi) is 39.3. The molecule has 9 nitrogen and oxygen atoms in total. The second-order valence-corrected chi connectivity index (χ2v) is 18.9. The molecular weight excluding hydrogens is 737 g/mol. The van der Waals surface area contributed by atoms with Crippen LogP contribution in [0.5, 0.6) is 0 Å². The van der Waals surface area contributed by atoms with Crippen molar-refractivity contribution in [2.24, 2.45) is 0 Å². The largest absolute Gasteiger partial charge is 0.756 e. The summed E-state index contributed by atoms with van der Waals surface area (Å²) in [7, 11) is 1.17. The first-order valence-electron chi connectivity index (χ1n) is 23.9. The maximum absolute atomic E-state index is 12.7. The number of esters is 2. The quantitative estimate of drug-likeness (QED) is 0.0196. The number of carbonyl (C=O) groups excluding carboxylic acids is 2. The monoisotopic (exact) mass is 830 g/mol. The van der Waals surface area contributed by atoms with Gasteiger partial charge in [-0.3, -0.25) is 14.2 Å². The van der Waals surface area contributed by atoms with Gasteiger partial charge in [0.2, 0.25) is 0 Å². The number of allylic oxidation sites excluding steroid dienone is 2. The van der Waals surface area contributed by atoms with Crippen LogP contribution in [0.25, 0.3) is 0 Å². The summed E-state index contributed by atoms with van der Waals surface area (Å²) in [6, 6.07) is 0. The number of likely N-dealkylation sites (N-methyl/N-ethyl adjacent to an activating group) is 1. The Morgan fingerprint density at radius 3 is 1.33 bits per heavy atom. The molecule has 0 N–H and O–H groups in total. The molecule has 0 aliphatic carbocycles. The highest BCUT2D eigenvalue weighted by atomic mass is 31.2. The second-order valence-electron chi connectivity index (χ2n) is 17.5. The zero-order chi connectivity index (χ0) is 42.1. The first-order chi connectivity index (χ1) is 27.5. The van der Waals surface area contributed by atoms with E-state index in [-0.39, 0.29) is 32.0 Å². The molecule has 0 aromatic heterocycles. The van der Waals surface area contributed by atoms with Crippen molar-refractivity contribution >= 4 is 19.8 Å². The Hall–Kier alpha value is -1.25. The molecule has 1 unspecified atom stereocenters. The summed E-state index contributed by atoms with van der Waals surface area (Å²) in [5, 5.41) is 0. The van der Waals surface area contributed by atoms with E-state index in [1.807, 2.05) is 21.1 Å². The van der Waals surface area contributed by atoms with Crippen molar-refractivity contribution in [1.82, 2.24) is 0 Å². The number of ether oxygens (including phenoxy) is 2. The fraction of sp³-hybridized carbons (Fsp3) is 0.915. The highest BCUT2D eigenvalue weighted by molar-refractivity contribution is 7.45. The number of rotatable bonds is 44. The molecule has 0 radical (unpaired) electrons. The number of carbonyl (C=O) groups is 2. The Balaban J connectivity index is 4.28. The number of hydrogen-bond acceptors (Lipinski definition) is 8. The van der Waals surface area contributed by atoms with Gasteiger partial charge in [0.05, 0.1) is 27.7 Å². The van der Waals surface area contributed by atoms with E-state index in [1.54, 1.807) is 0 Å². The predicted molar refractivity (Wildman–Crippen MR) is 236 cm³/mol. The minimum absolute atomic E-state index is 0.0310. The molecule has 0 saturated heterocycles. The van der Waals surface area contributed by atoms with E-state index in [9.17, 15) is 19.0 Å². The molecular formula is C47H92NO8P. The zero-order valence-corrected chi connectivity index (χ0v) is 38.9. The van der Waals surface area contributed by atoms with E-state index in [4.69, 9.17) is 18.5 Å². The summed E-state index contributed by atoms with van der Waals surface area (Å²) >= 11 is 0. The number of phosphoric acid groups is 1. The zero-order valence-electron chi connectivity index (χ0n) is 38.1. The fourth-order valence-corrected chi connectivity index (χ4v) is 7.50. The lowest BCUT2D eigenvalue weighted by Crippen LogP contribution is -2.37. The third-order valence-corrected chi connectivity index (χ3v) is 11.5. The van der Waals surface area contributed by atoms with Crippen LogP contribution in [0.1, 0.15) is 226 Å². The molecule has 0 aromatic rings. The molecule has 0 aliphatic rings. The normalized spacial score (nSPS) is 13.6. The summed E-state index contributed by atoms with van der Waals surface area (Å²) in [6.07, 6.45) is 42.4. The molecule has 0 heterocycles. The lowest BCUT2D eigenvalue weighted by molar-refractivity contribution is -0.870. The van der Waals surface area contributed by atoms with E-state index in [0.29, 0.717) is 17.4 Å². The van der Waals surface area contributed by atoms with Crippen LogP contribution in [-0.4, -0.2) is 70.0 Å². The molecule has 0 amide bonds. The first-order valence-corrected chi connectivity index (χ1v) is 25.4. The summed E-state index contributed by atoms with van der Waals surface area (Å²) in [5.74, 6) is -0.847. The van der Waals surface area contributed by atoms with Crippen molar-refractivity contribution in [2.75, 3.05) is 47.5 Å². The highest BCUT2D eigenvalue weighted by Gasteiger charge is 2.21. The van der Waals surface area contributed by atoms with Gasteiger partial charge in [0, 0.05) is 12.8 Å². The highest BCUT2D eigenvalue weighted by Crippen LogP contribution is 2.38. The smallest absolute Gasteiger partial charge is 0.306 e. The van der Waals surface area contributed by atoms with Gasteiger partial charge in [-0.25, -0.2) is 0 Å². The predicted octanol–water partition coefficient (Wildman–Crippen LogP) is 13.1. The van der Waals surface area contributed by atoms with Gasteiger partial charge in [0.25, 0.3) is 7.82 Å². The van der Waals surface area contributed by atoms with E-state index in [2.05, 4.69) is 26.0 Å². The average Bonchev–Trinajstić information content (AvgIpc) is 3.16. The van der Waals surface area contributed by atoms with Gasteiger partial charge in [-0.2, -0.15) is 0 Å². The fourth-order valence-electron chi connectivity index (χ4n) is 6.77. The number of phosphoric ester groups is 1. The summed E-state index contributed by atoms with van der Waals surface area (Å²) in [6.45, 7) is 4.24. The van der Waals surface area contributed by atoms with Gasteiger partial charge in [-0.15, -0.1) is 0 Å². The van der Waals surface area contributed by atoms with Crippen molar-refractivity contribution < 1.29 is 42.1 Å².